The molecule has 4 N–H and O–H groups in total. The molecule has 152 valence electrons. The molecule has 11 nitrogen and oxygen atoms in total. The van der Waals surface area contributed by atoms with E-state index in [1.54, 1.807) is 6.20 Å². The molecule has 4 atom stereocenters. The van der Waals surface area contributed by atoms with Gasteiger partial charge in [0.1, 0.15) is 24.0 Å². The van der Waals surface area contributed by atoms with Crippen LogP contribution in [0.15, 0.2) is 52.3 Å². The molecule has 1 fully saturated rings. The number of aliphatic hydroxyl groups excluding tert-OH is 3. The maximum absolute atomic E-state index is 12.3. The lowest BCUT2D eigenvalue weighted by Crippen LogP contribution is -2.39. The lowest BCUT2D eigenvalue weighted by molar-refractivity contribution is -0.0550. The van der Waals surface area contributed by atoms with Crippen molar-refractivity contribution in [3.63, 3.8) is 0 Å². The summed E-state index contributed by atoms with van der Waals surface area (Å²) in [6.45, 7) is -0.536. The second-order valence-corrected chi connectivity index (χ2v) is 6.73. The number of aliphatic hydroxyl groups is 3. The van der Waals surface area contributed by atoms with E-state index < -0.39 is 42.4 Å². The van der Waals surface area contributed by atoms with Gasteiger partial charge in [-0.3, -0.25) is 14.3 Å². The van der Waals surface area contributed by atoms with E-state index in [-0.39, 0.29) is 5.69 Å². The zero-order valence-corrected chi connectivity index (χ0v) is 15.1. The van der Waals surface area contributed by atoms with Crippen LogP contribution in [-0.2, 0) is 11.2 Å². The van der Waals surface area contributed by atoms with E-state index in [0.29, 0.717) is 12.1 Å². The summed E-state index contributed by atoms with van der Waals surface area (Å²) in [5.41, 5.74) is 0.0766. The van der Waals surface area contributed by atoms with Crippen molar-refractivity contribution in [1.82, 2.24) is 24.5 Å². The van der Waals surface area contributed by atoms with Crippen LogP contribution in [0.2, 0.25) is 0 Å². The lowest BCUT2D eigenvalue weighted by Gasteiger charge is -2.17. The standard InChI is InChI=1S/C18H19N5O6/c24-9-13-14(25)15(26)17(29-13)22-8-12(16(27)19-18(22)28)23-7-11(20-21-23)6-10-4-2-1-3-5-10/h1-5,7-8,13-15,17,24-26H,6,9H2,(H,19,27,28)/t13-,14?,15+,17-/m1/s1. The molecule has 0 aliphatic carbocycles. The number of rotatable bonds is 5. The molecule has 1 aliphatic heterocycles. The largest absolute Gasteiger partial charge is 0.394 e. The van der Waals surface area contributed by atoms with Gasteiger partial charge in [0.05, 0.1) is 18.5 Å². The van der Waals surface area contributed by atoms with Crippen LogP contribution in [0.5, 0.6) is 0 Å². The van der Waals surface area contributed by atoms with Gasteiger partial charge in [-0.15, -0.1) is 5.10 Å². The fourth-order valence-corrected chi connectivity index (χ4v) is 3.24. The van der Waals surface area contributed by atoms with E-state index in [1.807, 2.05) is 30.3 Å². The van der Waals surface area contributed by atoms with E-state index in [2.05, 4.69) is 15.3 Å². The molecule has 0 spiro atoms. The highest BCUT2D eigenvalue weighted by molar-refractivity contribution is 5.26. The fourth-order valence-electron chi connectivity index (χ4n) is 3.24. The summed E-state index contributed by atoms with van der Waals surface area (Å²) in [6.07, 6.45) is -1.94. The SMILES string of the molecule is O=c1[nH]c(=O)n([C@@H]2O[C@H](CO)C(O)[C@@H]2O)cc1-n1cc(Cc2ccccc2)nn1. The Hall–Kier alpha value is -3.12. The molecule has 11 heteroatoms. The number of ether oxygens (including phenoxy) is 1. The summed E-state index contributed by atoms with van der Waals surface area (Å²) in [5, 5.41) is 37.3. The number of nitrogens with zero attached hydrogens (tertiary/aromatic N) is 4. The highest BCUT2D eigenvalue weighted by Gasteiger charge is 2.43. The number of benzene rings is 1. The Bertz CT molecular complexity index is 1110. The summed E-state index contributed by atoms with van der Waals surface area (Å²) >= 11 is 0. The summed E-state index contributed by atoms with van der Waals surface area (Å²) in [6, 6.07) is 9.59. The number of nitrogens with one attached hydrogen (secondary N) is 1. The maximum atomic E-state index is 12.3. The third-order valence-electron chi connectivity index (χ3n) is 4.76. The van der Waals surface area contributed by atoms with E-state index in [9.17, 15) is 24.9 Å². The van der Waals surface area contributed by atoms with Gasteiger partial charge in [-0.2, -0.15) is 0 Å². The molecule has 1 unspecified atom stereocenters. The second-order valence-electron chi connectivity index (χ2n) is 6.73. The first-order chi connectivity index (χ1) is 14.0. The first-order valence-corrected chi connectivity index (χ1v) is 8.91. The molecule has 1 aromatic carbocycles. The number of aromatic amines is 1. The highest BCUT2D eigenvalue weighted by atomic mass is 16.6. The Kier molecular flexibility index (Phi) is 5.11. The van der Waals surface area contributed by atoms with Crippen molar-refractivity contribution < 1.29 is 20.1 Å². The number of hydrogen-bond acceptors (Lipinski definition) is 8. The van der Waals surface area contributed by atoms with Gasteiger partial charge in [-0.05, 0) is 5.56 Å². The minimum absolute atomic E-state index is 0.0193. The molecule has 0 radical (unpaired) electrons. The third kappa shape index (κ3) is 3.63. The van der Waals surface area contributed by atoms with Crippen LogP contribution in [0.25, 0.3) is 5.69 Å². The van der Waals surface area contributed by atoms with Crippen molar-refractivity contribution in [3.8, 4) is 5.69 Å². The van der Waals surface area contributed by atoms with Crippen LogP contribution in [0.3, 0.4) is 0 Å². The first-order valence-electron chi connectivity index (χ1n) is 8.91. The monoisotopic (exact) mass is 401 g/mol. The normalized spacial score (nSPS) is 24.1. The average Bonchev–Trinajstić information content (AvgIpc) is 3.28. The predicted molar refractivity (Wildman–Crippen MR) is 98.5 cm³/mol. The molecule has 0 saturated carbocycles. The fraction of sp³-hybridized carbons (Fsp3) is 0.333. The minimum Gasteiger partial charge on any atom is -0.394 e. The molecule has 3 heterocycles. The Morgan fingerprint density at radius 3 is 2.55 bits per heavy atom. The van der Waals surface area contributed by atoms with Crippen LogP contribution < -0.4 is 11.2 Å². The van der Waals surface area contributed by atoms with Crippen molar-refractivity contribution in [2.24, 2.45) is 0 Å². The molecular formula is C18H19N5O6. The third-order valence-corrected chi connectivity index (χ3v) is 4.76. The molecule has 1 aliphatic rings. The summed E-state index contributed by atoms with van der Waals surface area (Å²) < 4.78 is 7.52. The van der Waals surface area contributed by atoms with Gasteiger partial charge >= 0.3 is 5.69 Å². The molecule has 29 heavy (non-hydrogen) atoms. The quantitative estimate of drug-likeness (QED) is 0.395. The zero-order valence-electron chi connectivity index (χ0n) is 15.1. The van der Waals surface area contributed by atoms with Crippen molar-refractivity contribution in [2.45, 2.75) is 31.0 Å². The maximum Gasteiger partial charge on any atom is 0.330 e. The molecule has 0 bridgehead atoms. The molecule has 1 saturated heterocycles. The minimum atomic E-state index is -1.46. The average molecular weight is 401 g/mol. The van der Waals surface area contributed by atoms with Crippen molar-refractivity contribution in [3.05, 3.63) is 74.8 Å². The van der Waals surface area contributed by atoms with E-state index in [4.69, 9.17) is 4.74 Å². The summed E-state index contributed by atoms with van der Waals surface area (Å²) in [7, 11) is 0. The van der Waals surface area contributed by atoms with E-state index >= 15 is 0 Å². The van der Waals surface area contributed by atoms with Crippen LogP contribution in [0, 0.1) is 0 Å². The Balaban J connectivity index is 1.67. The first kappa shape index (κ1) is 19.2. The van der Waals surface area contributed by atoms with Crippen molar-refractivity contribution >= 4 is 0 Å². The Morgan fingerprint density at radius 1 is 1.10 bits per heavy atom. The van der Waals surface area contributed by atoms with Gasteiger partial charge in [0, 0.05) is 12.6 Å². The van der Waals surface area contributed by atoms with Gasteiger partial charge in [0.15, 0.2) is 6.23 Å². The molecule has 4 rings (SSSR count). The molecule has 3 aromatic rings. The topological polar surface area (TPSA) is 155 Å². The zero-order chi connectivity index (χ0) is 20.5. The summed E-state index contributed by atoms with van der Waals surface area (Å²) in [4.78, 5) is 26.7. The van der Waals surface area contributed by atoms with Gasteiger partial charge in [0.25, 0.3) is 5.56 Å². The van der Waals surface area contributed by atoms with Crippen LogP contribution in [0.4, 0.5) is 0 Å². The van der Waals surface area contributed by atoms with Crippen LogP contribution in [-0.4, -0.2) is 64.8 Å². The molecule has 0 amide bonds. The predicted octanol–water partition coefficient (Wildman–Crippen LogP) is -1.68. The van der Waals surface area contributed by atoms with Gasteiger partial charge < -0.3 is 20.1 Å². The molecule has 2 aromatic heterocycles. The van der Waals surface area contributed by atoms with E-state index in [0.717, 1.165) is 10.1 Å². The Morgan fingerprint density at radius 2 is 1.86 bits per heavy atom. The smallest absolute Gasteiger partial charge is 0.330 e. The van der Waals surface area contributed by atoms with Crippen molar-refractivity contribution in [2.75, 3.05) is 6.61 Å². The summed E-state index contributed by atoms with van der Waals surface area (Å²) in [5.74, 6) is 0. The van der Waals surface area contributed by atoms with Gasteiger partial charge in [-0.1, -0.05) is 35.5 Å². The highest BCUT2D eigenvalue weighted by Crippen LogP contribution is 2.28. The van der Waals surface area contributed by atoms with Crippen molar-refractivity contribution in [1.29, 1.82) is 0 Å². The molecular weight excluding hydrogens is 382 g/mol. The van der Waals surface area contributed by atoms with Gasteiger partial charge in [0.2, 0.25) is 0 Å². The van der Waals surface area contributed by atoms with E-state index in [1.165, 1.54) is 10.9 Å². The lowest BCUT2D eigenvalue weighted by atomic mass is 10.1. The number of aromatic nitrogens is 5. The van der Waals surface area contributed by atoms with Gasteiger partial charge in [-0.25, -0.2) is 9.48 Å². The van der Waals surface area contributed by atoms with Crippen LogP contribution in [0.1, 0.15) is 17.5 Å². The number of hydrogen-bond donors (Lipinski definition) is 4. The van der Waals surface area contributed by atoms with Crippen LogP contribution >= 0.6 is 0 Å². The number of H-pyrrole nitrogens is 1. The second kappa shape index (κ2) is 7.72. The Labute approximate surface area is 163 Å².